The summed E-state index contributed by atoms with van der Waals surface area (Å²) < 4.78 is 1.74. The van der Waals surface area contributed by atoms with Gasteiger partial charge in [-0.2, -0.15) is 0 Å². The molecule has 1 heterocycles. The molecule has 1 aromatic rings. The molecule has 0 aliphatic heterocycles. The smallest absolute Gasteiger partial charge is 0.139 e. The molecule has 0 fully saturated rings. The molecule has 48 valence electrons. The number of carbonyl (C=O) groups is 1. The van der Waals surface area contributed by atoms with Gasteiger partial charge in [-0.15, -0.1) is 0 Å². The fourth-order valence-corrected chi connectivity index (χ4v) is 0.658. The van der Waals surface area contributed by atoms with Gasteiger partial charge in [0.2, 0.25) is 0 Å². The zero-order valence-electron chi connectivity index (χ0n) is 5.24. The maximum Gasteiger partial charge on any atom is 0.139 e. The molecule has 0 saturated carbocycles. The summed E-state index contributed by atoms with van der Waals surface area (Å²) in [5, 5.41) is 0. The first kappa shape index (κ1) is 6.01. The summed E-state index contributed by atoms with van der Waals surface area (Å²) in [6.45, 7) is 2.29. The third-order valence-corrected chi connectivity index (χ3v) is 1.05. The molecular formula is C6H8N2O. The van der Waals surface area contributed by atoms with E-state index in [2.05, 4.69) is 4.98 Å². The van der Waals surface area contributed by atoms with Gasteiger partial charge in [0, 0.05) is 6.20 Å². The average Bonchev–Trinajstić information content (AvgIpc) is 2.17. The first-order valence-electron chi connectivity index (χ1n) is 2.75. The van der Waals surface area contributed by atoms with Gasteiger partial charge in [0.15, 0.2) is 0 Å². The minimum Gasteiger partial charge on any atom is -0.330 e. The molecule has 0 radical (unpaired) electrons. The van der Waals surface area contributed by atoms with Crippen LogP contribution in [0.3, 0.4) is 0 Å². The highest BCUT2D eigenvalue weighted by molar-refractivity contribution is 5.48. The molecule has 9 heavy (non-hydrogen) atoms. The number of rotatable bonds is 2. The van der Waals surface area contributed by atoms with Crippen molar-refractivity contribution in [2.24, 2.45) is 0 Å². The topological polar surface area (TPSA) is 34.9 Å². The number of carbonyl (C=O) groups excluding carboxylic acids is 1. The number of hydrogen-bond donors (Lipinski definition) is 0. The van der Waals surface area contributed by atoms with E-state index in [0.29, 0.717) is 6.54 Å². The van der Waals surface area contributed by atoms with Crippen LogP contribution in [-0.2, 0) is 11.3 Å². The number of aldehydes is 1. The lowest BCUT2D eigenvalue weighted by atomic mass is 10.6. The molecule has 0 bridgehead atoms. The minimum atomic E-state index is 0.404. The SMILES string of the molecule is Cc1cn(CC=O)cn1. The van der Waals surface area contributed by atoms with E-state index in [1.807, 2.05) is 13.1 Å². The fourth-order valence-electron chi connectivity index (χ4n) is 0.658. The second kappa shape index (κ2) is 2.44. The van der Waals surface area contributed by atoms with E-state index in [1.165, 1.54) is 0 Å². The zero-order chi connectivity index (χ0) is 6.69. The highest BCUT2D eigenvalue weighted by Crippen LogP contribution is 1.90. The Morgan fingerprint density at radius 2 is 2.67 bits per heavy atom. The van der Waals surface area contributed by atoms with Gasteiger partial charge < -0.3 is 9.36 Å². The molecule has 0 saturated heterocycles. The largest absolute Gasteiger partial charge is 0.330 e. The van der Waals surface area contributed by atoms with Crippen LogP contribution >= 0.6 is 0 Å². The van der Waals surface area contributed by atoms with Gasteiger partial charge in [-0.05, 0) is 6.92 Å². The van der Waals surface area contributed by atoms with Crippen LogP contribution in [-0.4, -0.2) is 15.8 Å². The van der Waals surface area contributed by atoms with Crippen LogP contribution in [0.1, 0.15) is 5.69 Å². The van der Waals surface area contributed by atoms with Crippen LogP contribution in [0.25, 0.3) is 0 Å². The molecule has 3 heteroatoms. The maximum atomic E-state index is 9.93. The number of imidazole rings is 1. The lowest BCUT2D eigenvalue weighted by Gasteiger charge is -1.87. The lowest BCUT2D eigenvalue weighted by molar-refractivity contribution is -0.108. The summed E-state index contributed by atoms with van der Waals surface area (Å²) in [6.07, 6.45) is 4.32. The van der Waals surface area contributed by atoms with Crippen molar-refractivity contribution >= 4 is 6.29 Å². The molecule has 0 aromatic carbocycles. The maximum absolute atomic E-state index is 9.93. The van der Waals surface area contributed by atoms with Crippen LogP contribution in [0.15, 0.2) is 12.5 Å². The molecule has 0 aliphatic rings. The minimum absolute atomic E-state index is 0.404. The lowest BCUT2D eigenvalue weighted by Crippen LogP contribution is -1.93. The monoisotopic (exact) mass is 124 g/mol. The predicted octanol–water partition coefficient (Wildman–Crippen LogP) is 0.390. The molecule has 0 N–H and O–H groups in total. The van der Waals surface area contributed by atoms with E-state index < -0.39 is 0 Å². The Labute approximate surface area is 53.3 Å². The number of nitrogens with zero attached hydrogens (tertiary/aromatic N) is 2. The van der Waals surface area contributed by atoms with Crippen molar-refractivity contribution in [3.63, 3.8) is 0 Å². The summed E-state index contributed by atoms with van der Waals surface area (Å²) in [4.78, 5) is 13.9. The third kappa shape index (κ3) is 1.38. The molecule has 0 amide bonds. The van der Waals surface area contributed by atoms with Crippen molar-refractivity contribution in [3.05, 3.63) is 18.2 Å². The number of hydrogen-bond acceptors (Lipinski definition) is 2. The Morgan fingerprint density at radius 3 is 3.11 bits per heavy atom. The van der Waals surface area contributed by atoms with Crippen LogP contribution in [0.2, 0.25) is 0 Å². The Hall–Kier alpha value is -1.12. The molecular weight excluding hydrogens is 116 g/mol. The van der Waals surface area contributed by atoms with Crippen molar-refractivity contribution in [1.29, 1.82) is 0 Å². The molecule has 0 atom stereocenters. The van der Waals surface area contributed by atoms with Gasteiger partial charge in [-0.1, -0.05) is 0 Å². The highest BCUT2D eigenvalue weighted by Gasteiger charge is 1.88. The van der Waals surface area contributed by atoms with E-state index in [0.717, 1.165) is 12.0 Å². The van der Waals surface area contributed by atoms with Crippen LogP contribution in [0.5, 0.6) is 0 Å². The first-order valence-corrected chi connectivity index (χ1v) is 2.75. The van der Waals surface area contributed by atoms with Crippen LogP contribution in [0.4, 0.5) is 0 Å². The van der Waals surface area contributed by atoms with Gasteiger partial charge in [-0.3, -0.25) is 0 Å². The second-order valence-electron chi connectivity index (χ2n) is 1.88. The van der Waals surface area contributed by atoms with Crippen molar-refractivity contribution in [3.8, 4) is 0 Å². The van der Waals surface area contributed by atoms with Crippen molar-refractivity contribution < 1.29 is 4.79 Å². The van der Waals surface area contributed by atoms with E-state index in [-0.39, 0.29) is 0 Å². The Balaban J connectivity index is 2.72. The Kier molecular flexibility index (Phi) is 1.63. The summed E-state index contributed by atoms with van der Waals surface area (Å²) in [7, 11) is 0. The van der Waals surface area contributed by atoms with Crippen molar-refractivity contribution in [2.45, 2.75) is 13.5 Å². The van der Waals surface area contributed by atoms with E-state index >= 15 is 0 Å². The summed E-state index contributed by atoms with van der Waals surface area (Å²) >= 11 is 0. The van der Waals surface area contributed by atoms with E-state index in [1.54, 1.807) is 10.9 Å². The Bertz CT molecular complexity index is 205. The van der Waals surface area contributed by atoms with Crippen LogP contribution in [0, 0.1) is 6.92 Å². The van der Waals surface area contributed by atoms with Crippen molar-refractivity contribution in [2.75, 3.05) is 0 Å². The van der Waals surface area contributed by atoms with E-state index in [9.17, 15) is 4.79 Å². The molecule has 1 aromatic heterocycles. The number of aryl methyl sites for hydroxylation is 1. The molecule has 3 nitrogen and oxygen atoms in total. The summed E-state index contributed by atoms with van der Waals surface area (Å²) in [5.74, 6) is 0. The summed E-state index contributed by atoms with van der Waals surface area (Å²) in [5.41, 5.74) is 0.942. The summed E-state index contributed by atoms with van der Waals surface area (Å²) in [6, 6.07) is 0. The molecule has 0 unspecified atom stereocenters. The Morgan fingerprint density at radius 1 is 1.89 bits per heavy atom. The molecule has 0 aliphatic carbocycles. The van der Waals surface area contributed by atoms with Gasteiger partial charge in [0.1, 0.15) is 6.29 Å². The zero-order valence-corrected chi connectivity index (χ0v) is 5.24. The van der Waals surface area contributed by atoms with Gasteiger partial charge in [-0.25, -0.2) is 4.98 Å². The standard InChI is InChI=1S/C6H8N2O/c1-6-4-8(2-3-9)5-7-6/h3-5H,2H2,1H3. The molecule has 1 rings (SSSR count). The third-order valence-electron chi connectivity index (χ3n) is 1.05. The molecule has 0 spiro atoms. The average molecular weight is 124 g/mol. The predicted molar refractivity (Wildman–Crippen MR) is 33.0 cm³/mol. The van der Waals surface area contributed by atoms with Gasteiger partial charge in [0.05, 0.1) is 18.6 Å². The fraction of sp³-hybridized carbons (Fsp3) is 0.333. The van der Waals surface area contributed by atoms with Crippen LogP contribution < -0.4 is 0 Å². The quantitative estimate of drug-likeness (QED) is 0.534. The number of aromatic nitrogens is 2. The first-order chi connectivity index (χ1) is 4.33. The van der Waals surface area contributed by atoms with Crippen molar-refractivity contribution in [1.82, 2.24) is 9.55 Å². The normalized spacial score (nSPS) is 9.44. The van der Waals surface area contributed by atoms with Gasteiger partial charge >= 0.3 is 0 Å². The van der Waals surface area contributed by atoms with E-state index in [4.69, 9.17) is 0 Å². The second-order valence-corrected chi connectivity index (χ2v) is 1.88. The van der Waals surface area contributed by atoms with Gasteiger partial charge in [0.25, 0.3) is 0 Å². The highest BCUT2D eigenvalue weighted by atomic mass is 16.1.